The summed E-state index contributed by atoms with van der Waals surface area (Å²) < 4.78 is 32.6. The smallest absolute Gasteiger partial charge is 0.246 e. The normalized spacial score (nSPS) is 12.9. The van der Waals surface area contributed by atoms with Crippen molar-refractivity contribution in [2.24, 2.45) is 5.73 Å². The number of hydrogen-bond donors (Lipinski definition) is 2. The van der Waals surface area contributed by atoms with E-state index in [4.69, 9.17) is 10.5 Å². The van der Waals surface area contributed by atoms with Gasteiger partial charge in [0.05, 0.1) is 12.6 Å². The summed E-state index contributed by atoms with van der Waals surface area (Å²) in [6, 6.07) is 3.97. The summed E-state index contributed by atoms with van der Waals surface area (Å²) >= 11 is 0. The third-order valence-corrected chi connectivity index (χ3v) is 5.84. The van der Waals surface area contributed by atoms with E-state index >= 15 is 0 Å². The van der Waals surface area contributed by atoms with Gasteiger partial charge < -0.3 is 15.8 Å². The summed E-state index contributed by atoms with van der Waals surface area (Å²) in [6.07, 6.45) is 1.35. The molecule has 0 aromatic heterocycles. The number of hydrogen-bond acceptors (Lipinski definition) is 5. The van der Waals surface area contributed by atoms with E-state index in [1.165, 1.54) is 10.4 Å². The summed E-state index contributed by atoms with van der Waals surface area (Å²) in [5, 5.41) is 2.68. The lowest BCUT2D eigenvalue weighted by Gasteiger charge is -2.21. The third kappa shape index (κ3) is 5.42. The molecule has 25 heavy (non-hydrogen) atoms. The van der Waals surface area contributed by atoms with Crippen molar-refractivity contribution in [1.82, 2.24) is 4.31 Å². The van der Waals surface area contributed by atoms with Crippen LogP contribution < -0.4 is 15.8 Å². The van der Waals surface area contributed by atoms with Gasteiger partial charge in [-0.1, -0.05) is 27.2 Å². The molecule has 1 aromatic carbocycles. The molecule has 0 saturated heterocycles. The molecule has 1 amide bonds. The molecule has 1 unspecified atom stereocenters. The molecule has 1 aromatic rings. The van der Waals surface area contributed by atoms with Gasteiger partial charge in [-0.15, -0.1) is 0 Å². The Balaban J connectivity index is 3.24. The Morgan fingerprint density at radius 1 is 1.24 bits per heavy atom. The number of amides is 1. The zero-order valence-electron chi connectivity index (χ0n) is 15.4. The number of ether oxygens (including phenoxy) is 1. The van der Waals surface area contributed by atoms with Crippen LogP contribution in [0, 0.1) is 0 Å². The molecule has 8 heteroatoms. The highest BCUT2D eigenvalue weighted by atomic mass is 32.2. The molecular weight excluding hydrogens is 342 g/mol. The SMILES string of the molecule is CCCC(N)C(=O)Nc1ccc(OCC)c(S(=O)(=O)N(CC)CC)c1. The molecular formula is C17H29N3O4S. The maximum atomic E-state index is 12.9. The molecule has 1 rings (SSSR count). The van der Waals surface area contributed by atoms with Crippen LogP contribution >= 0.6 is 0 Å². The van der Waals surface area contributed by atoms with Crippen LogP contribution in [0.25, 0.3) is 0 Å². The topological polar surface area (TPSA) is 102 Å². The Labute approximate surface area is 150 Å². The number of nitrogens with one attached hydrogen (secondary N) is 1. The van der Waals surface area contributed by atoms with Crippen molar-refractivity contribution in [3.8, 4) is 5.75 Å². The van der Waals surface area contributed by atoms with Crippen LogP contribution in [0.5, 0.6) is 5.75 Å². The molecule has 7 nitrogen and oxygen atoms in total. The number of sulfonamides is 1. The summed E-state index contributed by atoms with van der Waals surface area (Å²) in [4.78, 5) is 12.1. The maximum absolute atomic E-state index is 12.9. The number of nitrogens with two attached hydrogens (primary N) is 1. The van der Waals surface area contributed by atoms with Crippen LogP contribution in [0.3, 0.4) is 0 Å². The molecule has 0 saturated carbocycles. The van der Waals surface area contributed by atoms with Gasteiger partial charge in [0.2, 0.25) is 15.9 Å². The van der Waals surface area contributed by atoms with Gasteiger partial charge in [-0.05, 0) is 31.5 Å². The first-order chi connectivity index (χ1) is 11.8. The van der Waals surface area contributed by atoms with E-state index in [1.807, 2.05) is 6.92 Å². The lowest BCUT2D eigenvalue weighted by molar-refractivity contribution is -0.117. The van der Waals surface area contributed by atoms with Crippen molar-refractivity contribution >= 4 is 21.6 Å². The van der Waals surface area contributed by atoms with Crippen molar-refractivity contribution < 1.29 is 17.9 Å². The van der Waals surface area contributed by atoms with Crippen LogP contribution in [0.15, 0.2) is 23.1 Å². The monoisotopic (exact) mass is 371 g/mol. The standard InChI is InChI=1S/C17H29N3O4S/c1-5-9-14(18)17(21)19-13-10-11-15(24-8-4)16(12-13)25(22,23)20(6-2)7-3/h10-12,14H,5-9,18H2,1-4H3,(H,19,21). The number of carbonyl (C=O) groups excluding carboxylic acids is 1. The Morgan fingerprint density at radius 2 is 1.88 bits per heavy atom. The van der Waals surface area contributed by atoms with Gasteiger partial charge in [-0.25, -0.2) is 8.42 Å². The van der Waals surface area contributed by atoms with Crippen molar-refractivity contribution in [3.63, 3.8) is 0 Å². The molecule has 3 N–H and O–H groups in total. The van der Waals surface area contributed by atoms with Gasteiger partial charge in [0.25, 0.3) is 0 Å². The first-order valence-electron chi connectivity index (χ1n) is 8.65. The first-order valence-corrected chi connectivity index (χ1v) is 10.1. The maximum Gasteiger partial charge on any atom is 0.246 e. The van der Waals surface area contributed by atoms with Crippen LogP contribution in [0.1, 0.15) is 40.5 Å². The highest BCUT2D eigenvalue weighted by Crippen LogP contribution is 2.30. The molecule has 0 aliphatic rings. The van der Waals surface area contributed by atoms with Crippen LogP contribution in [0.4, 0.5) is 5.69 Å². The molecule has 0 aliphatic carbocycles. The van der Waals surface area contributed by atoms with E-state index in [-0.39, 0.29) is 16.6 Å². The minimum absolute atomic E-state index is 0.0416. The Bertz CT molecular complexity index is 672. The van der Waals surface area contributed by atoms with Crippen LogP contribution in [-0.4, -0.2) is 44.4 Å². The molecule has 0 heterocycles. The van der Waals surface area contributed by atoms with Gasteiger partial charge in [0.1, 0.15) is 10.6 Å². The first kappa shape index (κ1) is 21.4. The molecule has 0 radical (unpaired) electrons. The third-order valence-electron chi connectivity index (χ3n) is 3.77. The fourth-order valence-electron chi connectivity index (χ4n) is 2.44. The zero-order valence-corrected chi connectivity index (χ0v) is 16.2. The molecule has 1 atom stereocenters. The highest BCUT2D eigenvalue weighted by molar-refractivity contribution is 7.89. The van der Waals surface area contributed by atoms with Crippen molar-refractivity contribution in [1.29, 1.82) is 0 Å². The second-order valence-electron chi connectivity index (χ2n) is 5.57. The van der Waals surface area contributed by atoms with Gasteiger partial charge in [0.15, 0.2) is 0 Å². The van der Waals surface area contributed by atoms with Crippen molar-refractivity contribution in [3.05, 3.63) is 18.2 Å². The molecule has 0 aliphatic heterocycles. The summed E-state index contributed by atoms with van der Waals surface area (Å²) in [5.41, 5.74) is 6.19. The average molecular weight is 372 g/mol. The van der Waals surface area contributed by atoms with Crippen LogP contribution in [0.2, 0.25) is 0 Å². The molecule has 0 bridgehead atoms. The van der Waals surface area contributed by atoms with Crippen LogP contribution in [-0.2, 0) is 14.8 Å². The Morgan fingerprint density at radius 3 is 2.40 bits per heavy atom. The molecule has 0 spiro atoms. The van der Waals surface area contributed by atoms with Gasteiger partial charge in [-0.2, -0.15) is 4.31 Å². The Hall–Kier alpha value is -1.64. The van der Waals surface area contributed by atoms with E-state index in [2.05, 4.69) is 5.32 Å². The lowest BCUT2D eigenvalue weighted by Crippen LogP contribution is -2.35. The van der Waals surface area contributed by atoms with E-state index in [9.17, 15) is 13.2 Å². The zero-order chi connectivity index (χ0) is 19.0. The van der Waals surface area contributed by atoms with Gasteiger partial charge in [0, 0.05) is 18.8 Å². The van der Waals surface area contributed by atoms with Crippen molar-refractivity contribution in [2.45, 2.75) is 51.5 Å². The Kier molecular flexibility index (Phi) is 8.34. The number of carbonyl (C=O) groups is 1. The highest BCUT2D eigenvalue weighted by Gasteiger charge is 2.26. The number of rotatable bonds is 10. The average Bonchev–Trinajstić information content (AvgIpc) is 2.57. The van der Waals surface area contributed by atoms with Gasteiger partial charge in [-0.3, -0.25) is 4.79 Å². The van der Waals surface area contributed by atoms with Crippen molar-refractivity contribution in [2.75, 3.05) is 25.0 Å². The fourth-order valence-corrected chi connectivity index (χ4v) is 4.06. The predicted molar refractivity (Wildman–Crippen MR) is 99.2 cm³/mol. The summed E-state index contributed by atoms with van der Waals surface area (Å²) in [7, 11) is -3.72. The van der Waals surface area contributed by atoms with E-state index < -0.39 is 16.1 Å². The van der Waals surface area contributed by atoms with E-state index in [0.717, 1.165) is 6.42 Å². The number of benzene rings is 1. The second kappa shape index (κ2) is 9.74. The van der Waals surface area contributed by atoms with Gasteiger partial charge >= 0.3 is 0 Å². The summed E-state index contributed by atoms with van der Waals surface area (Å²) in [6.45, 7) is 8.32. The second-order valence-corrected chi connectivity index (χ2v) is 7.47. The quantitative estimate of drug-likeness (QED) is 0.656. The minimum atomic E-state index is -3.72. The largest absolute Gasteiger partial charge is 0.492 e. The minimum Gasteiger partial charge on any atom is -0.492 e. The van der Waals surface area contributed by atoms with E-state index in [0.29, 0.717) is 31.8 Å². The summed E-state index contributed by atoms with van der Waals surface area (Å²) in [5.74, 6) is -0.0672. The lowest BCUT2D eigenvalue weighted by atomic mass is 10.1. The number of nitrogens with zero attached hydrogens (tertiary/aromatic N) is 1. The predicted octanol–water partition coefficient (Wildman–Crippen LogP) is 2.18. The number of anilines is 1. The van der Waals surface area contributed by atoms with E-state index in [1.54, 1.807) is 32.9 Å². The molecule has 0 fully saturated rings. The molecule has 142 valence electrons. The fraction of sp³-hybridized carbons (Fsp3) is 0.588.